The summed E-state index contributed by atoms with van der Waals surface area (Å²) in [6.45, 7) is 0. The second-order valence-electron chi connectivity index (χ2n) is 6.41. The predicted molar refractivity (Wildman–Crippen MR) is 66.5 cm³/mol. The first-order valence-electron chi connectivity index (χ1n) is 7.05. The Balaban J connectivity index is 1.66. The molecule has 0 radical (unpaired) electrons. The van der Waals surface area contributed by atoms with Crippen molar-refractivity contribution in [2.45, 2.75) is 38.0 Å². The van der Waals surface area contributed by atoms with E-state index in [1.54, 1.807) is 0 Å². The van der Waals surface area contributed by atoms with Gasteiger partial charge in [0.15, 0.2) is 0 Å². The highest BCUT2D eigenvalue weighted by Crippen LogP contribution is 2.59. The molecule has 4 aliphatic rings. The van der Waals surface area contributed by atoms with Crippen LogP contribution >= 0.6 is 0 Å². The third-order valence-corrected chi connectivity index (χ3v) is 5.38. The number of rotatable bonds is 1. The number of hydrogen-bond acceptors (Lipinski definition) is 3. The highest BCUT2D eigenvalue weighted by molar-refractivity contribution is 5.21. The third kappa shape index (κ3) is 1.48. The number of aromatic nitrogens is 2. The topological polar surface area (TPSA) is 49.6 Å². The molecule has 5 rings (SSSR count). The fourth-order valence-electron chi connectivity index (χ4n) is 5.04. The van der Waals surface area contributed by atoms with E-state index >= 15 is 0 Å². The molecule has 1 heterocycles. The van der Waals surface area contributed by atoms with E-state index < -0.39 is 0 Å². The van der Waals surface area contributed by atoms with Crippen molar-refractivity contribution in [3.63, 3.8) is 0 Å². The smallest absolute Gasteiger partial charge is 0.227 e. The highest BCUT2D eigenvalue weighted by atomic mass is 14.9. The molecular weight excluding hydrogens is 222 g/mol. The van der Waals surface area contributed by atoms with Crippen LogP contribution in [-0.2, 0) is 0 Å². The Bertz CT molecular complexity index is 471. The van der Waals surface area contributed by atoms with E-state index in [0.717, 1.165) is 23.7 Å². The Labute approximate surface area is 107 Å². The maximum atomic E-state index is 8.77. The van der Waals surface area contributed by atoms with E-state index in [-0.39, 0.29) is 0 Å². The first-order valence-corrected chi connectivity index (χ1v) is 7.05. The maximum absolute atomic E-state index is 8.77. The second kappa shape index (κ2) is 3.78. The molecule has 0 amide bonds. The number of nitrogens with zero attached hydrogens (tertiary/aromatic N) is 3. The summed E-state index contributed by atoms with van der Waals surface area (Å²) in [4.78, 5) is 8.32. The van der Waals surface area contributed by atoms with Crippen molar-refractivity contribution in [3.8, 4) is 6.07 Å². The zero-order valence-corrected chi connectivity index (χ0v) is 10.4. The van der Waals surface area contributed by atoms with Crippen molar-refractivity contribution in [2.75, 3.05) is 0 Å². The van der Waals surface area contributed by atoms with Gasteiger partial charge in [-0.25, -0.2) is 9.97 Å². The van der Waals surface area contributed by atoms with E-state index in [0.29, 0.717) is 11.7 Å². The molecule has 0 aromatic carbocycles. The van der Waals surface area contributed by atoms with Crippen LogP contribution in [0.15, 0.2) is 12.4 Å². The maximum Gasteiger partial charge on any atom is 0.232 e. The Hall–Kier alpha value is -1.43. The Morgan fingerprint density at radius 1 is 0.944 bits per heavy atom. The van der Waals surface area contributed by atoms with Crippen LogP contribution in [-0.4, -0.2) is 9.97 Å². The van der Waals surface area contributed by atoms with Crippen molar-refractivity contribution in [1.29, 1.82) is 5.26 Å². The molecule has 4 aliphatic carbocycles. The van der Waals surface area contributed by atoms with Crippen molar-refractivity contribution < 1.29 is 0 Å². The van der Waals surface area contributed by atoms with Gasteiger partial charge in [0.2, 0.25) is 5.82 Å². The van der Waals surface area contributed by atoms with Crippen molar-refractivity contribution in [3.05, 3.63) is 23.8 Å². The standard InChI is InChI=1S/C15H17N3/c16-6-14-17-7-13(8-18-14)15-11-2-9-1-10(4-11)5-12(15)3-9/h7-12,15H,1-5H2. The Morgan fingerprint density at radius 3 is 2.00 bits per heavy atom. The second-order valence-corrected chi connectivity index (χ2v) is 6.41. The minimum absolute atomic E-state index is 0.294. The first-order chi connectivity index (χ1) is 8.83. The monoisotopic (exact) mass is 239 g/mol. The molecule has 0 unspecified atom stereocenters. The van der Waals surface area contributed by atoms with Gasteiger partial charge in [0.1, 0.15) is 6.07 Å². The molecule has 4 saturated carbocycles. The summed E-state index contributed by atoms with van der Waals surface area (Å²) >= 11 is 0. The van der Waals surface area contributed by atoms with Crippen molar-refractivity contribution in [2.24, 2.45) is 23.7 Å². The van der Waals surface area contributed by atoms with Crippen LogP contribution in [0.1, 0.15) is 49.4 Å². The summed E-state index contributed by atoms with van der Waals surface area (Å²) in [7, 11) is 0. The third-order valence-electron chi connectivity index (χ3n) is 5.38. The molecule has 18 heavy (non-hydrogen) atoms. The van der Waals surface area contributed by atoms with E-state index in [1.165, 1.54) is 37.7 Å². The summed E-state index contributed by atoms with van der Waals surface area (Å²) in [5, 5.41) is 8.77. The van der Waals surface area contributed by atoms with E-state index in [4.69, 9.17) is 5.26 Å². The summed E-state index contributed by atoms with van der Waals surface area (Å²) in [6.07, 6.45) is 10.9. The molecule has 0 saturated heterocycles. The van der Waals surface area contributed by atoms with Gasteiger partial charge in [-0.3, -0.25) is 0 Å². The van der Waals surface area contributed by atoms with Gasteiger partial charge in [0, 0.05) is 12.4 Å². The highest BCUT2D eigenvalue weighted by Gasteiger charge is 2.48. The Kier molecular flexibility index (Phi) is 2.20. The van der Waals surface area contributed by atoms with Gasteiger partial charge in [0.25, 0.3) is 0 Å². The summed E-state index contributed by atoms with van der Waals surface area (Å²) in [5.74, 6) is 4.69. The minimum atomic E-state index is 0.294. The van der Waals surface area contributed by atoms with Crippen molar-refractivity contribution >= 4 is 0 Å². The largest absolute Gasteiger partial charge is 0.232 e. The van der Waals surface area contributed by atoms with Gasteiger partial charge >= 0.3 is 0 Å². The molecule has 3 nitrogen and oxygen atoms in total. The van der Waals surface area contributed by atoms with Crippen LogP contribution in [0, 0.1) is 35.0 Å². The molecule has 0 spiro atoms. The number of nitriles is 1. The minimum Gasteiger partial charge on any atom is -0.227 e. The molecule has 4 fully saturated rings. The van der Waals surface area contributed by atoms with Crippen LogP contribution in [0.4, 0.5) is 0 Å². The lowest BCUT2D eigenvalue weighted by atomic mass is 9.51. The lowest BCUT2D eigenvalue weighted by molar-refractivity contribution is -0.00300. The normalized spacial score (nSPS) is 40.7. The Morgan fingerprint density at radius 2 is 1.50 bits per heavy atom. The lowest BCUT2D eigenvalue weighted by Gasteiger charge is -2.54. The van der Waals surface area contributed by atoms with E-state index in [1.807, 2.05) is 18.5 Å². The molecule has 92 valence electrons. The van der Waals surface area contributed by atoms with Gasteiger partial charge < -0.3 is 0 Å². The fraction of sp³-hybridized carbons (Fsp3) is 0.667. The summed E-state index contributed by atoms with van der Waals surface area (Å²) in [6, 6.07) is 2.00. The SMILES string of the molecule is N#Cc1ncc(C2C3CC4CC(C3)CC2C4)cn1. The average molecular weight is 239 g/mol. The van der Waals surface area contributed by atoms with Crippen LogP contribution < -0.4 is 0 Å². The van der Waals surface area contributed by atoms with Gasteiger partial charge in [0.05, 0.1) is 0 Å². The molecule has 0 aliphatic heterocycles. The molecule has 0 N–H and O–H groups in total. The quantitative estimate of drug-likeness (QED) is 0.757. The first kappa shape index (κ1) is 10.5. The molecule has 1 aromatic heterocycles. The zero-order valence-electron chi connectivity index (χ0n) is 10.4. The molecule has 4 bridgehead atoms. The van der Waals surface area contributed by atoms with Crippen molar-refractivity contribution in [1.82, 2.24) is 9.97 Å². The van der Waals surface area contributed by atoms with Crippen LogP contribution in [0.5, 0.6) is 0 Å². The number of hydrogen-bond donors (Lipinski definition) is 0. The molecular formula is C15H17N3. The predicted octanol–water partition coefficient (Wildman–Crippen LogP) is 2.89. The molecule has 3 heteroatoms. The van der Waals surface area contributed by atoms with E-state index in [2.05, 4.69) is 9.97 Å². The molecule has 0 atom stereocenters. The van der Waals surface area contributed by atoms with Crippen LogP contribution in [0.2, 0.25) is 0 Å². The van der Waals surface area contributed by atoms with Gasteiger partial charge in [-0.05, 0) is 67.3 Å². The summed E-state index contributed by atoms with van der Waals surface area (Å²) in [5.41, 5.74) is 1.28. The van der Waals surface area contributed by atoms with Gasteiger partial charge in [-0.15, -0.1) is 0 Å². The van der Waals surface area contributed by atoms with Gasteiger partial charge in [-0.1, -0.05) is 0 Å². The lowest BCUT2D eigenvalue weighted by Crippen LogP contribution is -2.43. The fourth-order valence-corrected chi connectivity index (χ4v) is 5.04. The molecule has 1 aromatic rings. The zero-order chi connectivity index (χ0) is 12.1. The summed E-state index contributed by atoms with van der Waals surface area (Å²) < 4.78 is 0. The van der Waals surface area contributed by atoms with E-state index in [9.17, 15) is 0 Å². The average Bonchev–Trinajstić information content (AvgIpc) is 2.38. The van der Waals surface area contributed by atoms with Crippen LogP contribution in [0.3, 0.4) is 0 Å². The van der Waals surface area contributed by atoms with Crippen LogP contribution in [0.25, 0.3) is 0 Å². The van der Waals surface area contributed by atoms with Gasteiger partial charge in [-0.2, -0.15) is 5.26 Å².